The summed E-state index contributed by atoms with van der Waals surface area (Å²) in [5.74, 6) is -1.28. The van der Waals surface area contributed by atoms with Crippen LogP contribution in [0.15, 0.2) is 12.4 Å². The monoisotopic (exact) mass is 253 g/mol. The quantitative estimate of drug-likeness (QED) is 0.824. The molecule has 3 N–H and O–H groups in total. The first kappa shape index (κ1) is 11.3. The Hall–Kier alpha value is -2.15. The smallest absolute Gasteiger partial charge is 0.358 e. The third-order valence-corrected chi connectivity index (χ3v) is 2.25. The van der Waals surface area contributed by atoms with Gasteiger partial charge in [0.15, 0.2) is 22.5 Å². The van der Waals surface area contributed by atoms with Gasteiger partial charge in [-0.2, -0.15) is 5.10 Å². The van der Waals surface area contributed by atoms with Crippen molar-refractivity contribution in [3.8, 4) is 5.82 Å². The van der Waals surface area contributed by atoms with Crippen molar-refractivity contribution >= 4 is 23.4 Å². The molecule has 0 saturated carbocycles. The van der Waals surface area contributed by atoms with Crippen molar-refractivity contribution in [2.24, 2.45) is 0 Å². The SMILES string of the molecule is Cc1cnn(-c2nc(N)c(C(=O)O)nc2Cl)c1. The Balaban J connectivity index is 2.57. The van der Waals surface area contributed by atoms with Crippen molar-refractivity contribution in [3.63, 3.8) is 0 Å². The number of nitrogens with zero attached hydrogens (tertiary/aromatic N) is 4. The summed E-state index contributed by atoms with van der Waals surface area (Å²) in [5, 5.41) is 12.7. The zero-order valence-electron chi connectivity index (χ0n) is 8.75. The molecule has 0 saturated heterocycles. The van der Waals surface area contributed by atoms with E-state index in [0.717, 1.165) is 5.56 Å². The molecule has 0 amide bonds. The van der Waals surface area contributed by atoms with E-state index < -0.39 is 5.97 Å². The topological polar surface area (TPSA) is 107 Å². The second kappa shape index (κ2) is 4.02. The van der Waals surface area contributed by atoms with Crippen LogP contribution in [-0.4, -0.2) is 30.8 Å². The summed E-state index contributed by atoms with van der Waals surface area (Å²) in [5.41, 5.74) is 6.01. The van der Waals surface area contributed by atoms with Gasteiger partial charge in [0.2, 0.25) is 0 Å². The van der Waals surface area contributed by atoms with E-state index in [9.17, 15) is 4.79 Å². The van der Waals surface area contributed by atoms with Crippen molar-refractivity contribution in [2.75, 3.05) is 5.73 Å². The normalized spacial score (nSPS) is 10.5. The summed E-state index contributed by atoms with van der Waals surface area (Å²) < 4.78 is 1.38. The van der Waals surface area contributed by atoms with Crippen molar-refractivity contribution in [1.82, 2.24) is 19.7 Å². The van der Waals surface area contributed by atoms with Crippen LogP contribution >= 0.6 is 11.6 Å². The highest BCUT2D eigenvalue weighted by Crippen LogP contribution is 2.19. The first-order valence-electron chi connectivity index (χ1n) is 4.57. The molecule has 0 aliphatic carbocycles. The number of carboxylic acids is 1. The maximum Gasteiger partial charge on any atom is 0.358 e. The number of carbonyl (C=O) groups is 1. The van der Waals surface area contributed by atoms with E-state index in [2.05, 4.69) is 15.1 Å². The molecule has 0 fully saturated rings. The molecule has 2 heterocycles. The van der Waals surface area contributed by atoms with E-state index in [-0.39, 0.29) is 22.5 Å². The lowest BCUT2D eigenvalue weighted by atomic mass is 10.4. The second-order valence-electron chi connectivity index (χ2n) is 3.34. The molecule has 0 aliphatic rings. The summed E-state index contributed by atoms with van der Waals surface area (Å²) in [7, 11) is 0. The number of nitrogens with two attached hydrogens (primary N) is 1. The largest absolute Gasteiger partial charge is 0.476 e. The van der Waals surface area contributed by atoms with Crippen LogP contribution in [-0.2, 0) is 0 Å². The van der Waals surface area contributed by atoms with E-state index in [1.807, 2.05) is 6.92 Å². The molecule has 0 bridgehead atoms. The van der Waals surface area contributed by atoms with Crippen LogP contribution in [0.2, 0.25) is 5.15 Å². The number of halogens is 1. The Bertz CT molecular complexity index is 595. The van der Waals surface area contributed by atoms with Gasteiger partial charge in [0, 0.05) is 6.20 Å². The van der Waals surface area contributed by atoms with Gasteiger partial charge in [-0.15, -0.1) is 0 Å². The lowest BCUT2D eigenvalue weighted by molar-refractivity contribution is 0.0691. The number of nitrogen functional groups attached to an aromatic ring is 1. The summed E-state index contributed by atoms with van der Waals surface area (Å²) in [4.78, 5) is 18.3. The Morgan fingerprint density at radius 1 is 1.53 bits per heavy atom. The minimum atomic E-state index is -1.28. The molecule has 8 heteroatoms. The van der Waals surface area contributed by atoms with Gasteiger partial charge in [-0.25, -0.2) is 19.4 Å². The molecule has 0 spiro atoms. The Morgan fingerprint density at radius 2 is 2.24 bits per heavy atom. The number of aryl methyl sites for hydroxylation is 1. The van der Waals surface area contributed by atoms with Crippen LogP contribution in [0.4, 0.5) is 5.82 Å². The van der Waals surface area contributed by atoms with Crippen LogP contribution in [0, 0.1) is 6.92 Å². The van der Waals surface area contributed by atoms with Gasteiger partial charge in [-0.1, -0.05) is 11.6 Å². The fourth-order valence-corrected chi connectivity index (χ4v) is 1.46. The van der Waals surface area contributed by atoms with Crippen LogP contribution in [0.25, 0.3) is 5.82 Å². The summed E-state index contributed by atoms with van der Waals surface area (Å²) in [6, 6.07) is 0. The molecular weight excluding hydrogens is 246 g/mol. The Labute approximate surface area is 101 Å². The average Bonchev–Trinajstić information content (AvgIpc) is 2.67. The fourth-order valence-electron chi connectivity index (χ4n) is 1.25. The van der Waals surface area contributed by atoms with E-state index in [1.54, 1.807) is 12.4 Å². The first-order chi connectivity index (χ1) is 7.99. The van der Waals surface area contributed by atoms with Crippen LogP contribution < -0.4 is 5.73 Å². The van der Waals surface area contributed by atoms with Crippen LogP contribution in [0.5, 0.6) is 0 Å². The third kappa shape index (κ3) is 2.04. The predicted molar refractivity (Wildman–Crippen MR) is 60.3 cm³/mol. The molecule has 0 aliphatic heterocycles. The Kier molecular flexibility index (Phi) is 2.68. The molecule has 0 unspecified atom stereocenters. The van der Waals surface area contributed by atoms with Gasteiger partial charge < -0.3 is 10.8 Å². The number of carboxylic acid groups (broad SMARTS) is 1. The van der Waals surface area contributed by atoms with Crippen molar-refractivity contribution < 1.29 is 9.90 Å². The van der Waals surface area contributed by atoms with Crippen molar-refractivity contribution in [2.45, 2.75) is 6.92 Å². The van der Waals surface area contributed by atoms with Gasteiger partial charge in [0.1, 0.15) is 0 Å². The van der Waals surface area contributed by atoms with Crippen LogP contribution in [0.1, 0.15) is 16.1 Å². The van der Waals surface area contributed by atoms with Gasteiger partial charge in [0.05, 0.1) is 6.20 Å². The number of hydrogen-bond donors (Lipinski definition) is 2. The fraction of sp³-hybridized carbons (Fsp3) is 0.111. The van der Waals surface area contributed by atoms with Gasteiger partial charge in [-0.05, 0) is 12.5 Å². The first-order valence-corrected chi connectivity index (χ1v) is 4.95. The molecule has 0 atom stereocenters. The van der Waals surface area contributed by atoms with E-state index in [0.29, 0.717) is 0 Å². The number of rotatable bonds is 2. The van der Waals surface area contributed by atoms with Gasteiger partial charge in [-0.3, -0.25) is 0 Å². The number of aromatic nitrogens is 4. The molecule has 17 heavy (non-hydrogen) atoms. The zero-order valence-corrected chi connectivity index (χ0v) is 9.51. The van der Waals surface area contributed by atoms with Crippen molar-refractivity contribution in [1.29, 1.82) is 0 Å². The average molecular weight is 254 g/mol. The lowest BCUT2D eigenvalue weighted by Gasteiger charge is -2.05. The molecule has 0 aromatic carbocycles. The molecule has 7 nitrogen and oxygen atoms in total. The third-order valence-electron chi connectivity index (χ3n) is 1.99. The van der Waals surface area contributed by atoms with Gasteiger partial charge >= 0.3 is 5.97 Å². The summed E-state index contributed by atoms with van der Waals surface area (Å²) >= 11 is 5.84. The number of aromatic carboxylic acids is 1. The molecule has 2 aromatic rings. The number of anilines is 1. The second-order valence-corrected chi connectivity index (χ2v) is 3.70. The summed E-state index contributed by atoms with van der Waals surface area (Å²) in [6.45, 7) is 1.85. The number of hydrogen-bond acceptors (Lipinski definition) is 5. The van der Waals surface area contributed by atoms with E-state index in [1.165, 1.54) is 4.68 Å². The molecule has 0 radical (unpaired) electrons. The molecular formula is C9H8ClN5O2. The highest BCUT2D eigenvalue weighted by molar-refractivity contribution is 6.31. The van der Waals surface area contributed by atoms with Gasteiger partial charge in [0.25, 0.3) is 0 Å². The summed E-state index contributed by atoms with van der Waals surface area (Å²) in [6.07, 6.45) is 3.29. The maximum absolute atomic E-state index is 10.8. The van der Waals surface area contributed by atoms with Crippen LogP contribution in [0.3, 0.4) is 0 Å². The lowest BCUT2D eigenvalue weighted by Crippen LogP contribution is -2.11. The van der Waals surface area contributed by atoms with E-state index in [4.69, 9.17) is 22.4 Å². The maximum atomic E-state index is 10.8. The minimum Gasteiger partial charge on any atom is -0.476 e. The zero-order chi connectivity index (χ0) is 12.6. The standard InChI is InChI=1S/C9H8ClN5O2/c1-4-2-12-15(3-4)8-6(10)13-5(9(16)17)7(11)14-8/h2-3H,1H3,(H2,11,14)(H,16,17). The molecule has 88 valence electrons. The Morgan fingerprint density at radius 3 is 2.76 bits per heavy atom. The predicted octanol–water partition coefficient (Wildman–Crippen LogP) is 0.905. The molecule has 2 rings (SSSR count). The van der Waals surface area contributed by atoms with E-state index >= 15 is 0 Å². The highest BCUT2D eigenvalue weighted by atomic mass is 35.5. The van der Waals surface area contributed by atoms with Crippen molar-refractivity contribution in [3.05, 3.63) is 28.8 Å². The highest BCUT2D eigenvalue weighted by Gasteiger charge is 2.17. The molecule has 2 aromatic heterocycles. The minimum absolute atomic E-state index is 0.0697.